The first kappa shape index (κ1) is 31.2. The average molecular weight is 704 g/mol. The Morgan fingerprint density at radius 2 is 0.818 bits per heavy atom. The summed E-state index contributed by atoms with van der Waals surface area (Å²) >= 11 is 0. The van der Waals surface area contributed by atoms with E-state index in [4.69, 9.17) is 8.83 Å². The van der Waals surface area contributed by atoms with Gasteiger partial charge in [0, 0.05) is 44.2 Å². The number of benzene rings is 9. The molecule has 0 atom stereocenters. The molecule has 9 aromatic carbocycles. The topological polar surface area (TPSA) is 29.5 Å². The van der Waals surface area contributed by atoms with Crippen molar-refractivity contribution in [1.29, 1.82) is 0 Å². The van der Waals surface area contributed by atoms with Gasteiger partial charge in [0.2, 0.25) is 0 Å². The van der Waals surface area contributed by atoms with E-state index < -0.39 is 0 Å². The molecule has 0 saturated heterocycles. The Bertz CT molecular complexity index is 3170. The summed E-state index contributed by atoms with van der Waals surface area (Å²) in [6.07, 6.45) is 0. The lowest BCUT2D eigenvalue weighted by Crippen LogP contribution is -2.09. The number of furan rings is 2. The SMILES string of the molecule is c1ccc(-c2ccc(N(c3ccc(-c4ccc5cc6c(cc5c4)oc4ccccc46)cc3)c3ccc(-c4cccc5c4oc4ccccc45)cc3)cc2)cc1. The van der Waals surface area contributed by atoms with Crippen LogP contribution in [0.15, 0.2) is 209 Å². The quantitative estimate of drug-likeness (QED) is 0.173. The molecule has 0 radical (unpaired) electrons. The monoisotopic (exact) mass is 703 g/mol. The summed E-state index contributed by atoms with van der Waals surface area (Å²) in [6, 6.07) is 71.0. The van der Waals surface area contributed by atoms with Crippen LogP contribution in [0, 0.1) is 0 Å². The molecule has 0 saturated carbocycles. The zero-order valence-corrected chi connectivity index (χ0v) is 29.8. The van der Waals surface area contributed by atoms with E-state index in [1.54, 1.807) is 0 Å². The van der Waals surface area contributed by atoms with Gasteiger partial charge in [-0.1, -0.05) is 133 Å². The largest absolute Gasteiger partial charge is 0.456 e. The molecule has 0 aliphatic rings. The Balaban J connectivity index is 0.968. The Morgan fingerprint density at radius 1 is 0.291 bits per heavy atom. The minimum absolute atomic E-state index is 0.905. The van der Waals surface area contributed by atoms with Crippen molar-refractivity contribution >= 4 is 71.7 Å². The van der Waals surface area contributed by atoms with Crippen LogP contribution >= 0.6 is 0 Å². The molecular formula is C52H33NO2. The number of hydrogen-bond acceptors (Lipinski definition) is 3. The van der Waals surface area contributed by atoms with E-state index in [9.17, 15) is 0 Å². The van der Waals surface area contributed by atoms with Crippen molar-refractivity contribution in [2.24, 2.45) is 0 Å². The third kappa shape index (κ3) is 5.36. The van der Waals surface area contributed by atoms with Crippen molar-refractivity contribution in [2.75, 3.05) is 4.90 Å². The van der Waals surface area contributed by atoms with Crippen LogP contribution in [0.2, 0.25) is 0 Å². The molecule has 55 heavy (non-hydrogen) atoms. The van der Waals surface area contributed by atoms with Gasteiger partial charge in [0.05, 0.1) is 0 Å². The van der Waals surface area contributed by atoms with Gasteiger partial charge in [-0.05, 0) is 105 Å². The summed E-state index contributed by atoms with van der Waals surface area (Å²) in [5.41, 5.74) is 13.8. The molecule has 3 nitrogen and oxygen atoms in total. The summed E-state index contributed by atoms with van der Waals surface area (Å²) in [5.74, 6) is 0. The smallest absolute Gasteiger partial charge is 0.143 e. The fraction of sp³-hybridized carbons (Fsp3) is 0. The Kier molecular flexibility index (Phi) is 7.17. The fourth-order valence-corrected chi connectivity index (χ4v) is 8.10. The summed E-state index contributed by atoms with van der Waals surface area (Å²) in [7, 11) is 0. The van der Waals surface area contributed by atoms with Gasteiger partial charge in [0.1, 0.15) is 22.3 Å². The number of para-hydroxylation sites is 3. The molecule has 0 amide bonds. The summed E-state index contributed by atoms with van der Waals surface area (Å²) in [5, 5.41) is 6.92. The van der Waals surface area contributed by atoms with Crippen molar-refractivity contribution in [2.45, 2.75) is 0 Å². The predicted octanol–water partition coefficient (Wildman–Crippen LogP) is 15.1. The molecule has 2 aromatic heterocycles. The average Bonchev–Trinajstić information content (AvgIpc) is 3.82. The van der Waals surface area contributed by atoms with Crippen LogP contribution in [0.25, 0.3) is 88.0 Å². The second-order valence-corrected chi connectivity index (χ2v) is 14.1. The first-order chi connectivity index (χ1) is 27.2. The third-order valence-electron chi connectivity index (χ3n) is 10.9. The van der Waals surface area contributed by atoms with Gasteiger partial charge in [0.15, 0.2) is 0 Å². The Hall–Kier alpha value is -7.36. The van der Waals surface area contributed by atoms with Gasteiger partial charge < -0.3 is 13.7 Å². The van der Waals surface area contributed by atoms with Crippen LogP contribution in [-0.4, -0.2) is 0 Å². The van der Waals surface area contributed by atoms with Gasteiger partial charge in [-0.2, -0.15) is 0 Å². The van der Waals surface area contributed by atoms with Crippen molar-refractivity contribution < 1.29 is 8.83 Å². The highest BCUT2D eigenvalue weighted by atomic mass is 16.3. The van der Waals surface area contributed by atoms with Gasteiger partial charge in [0.25, 0.3) is 0 Å². The minimum atomic E-state index is 0.905. The van der Waals surface area contributed by atoms with Gasteiger partial charge in [-0.15, -0.1) is 0 Å². The first-order valence-electron chi connectivity index (χ1n) is 18.7. The van der Waals surface area contributed by atoms with Gasteiger partial charge in [-0.3, -0.25) is 0 Å². The van der Waals surface area contributed by atoms with E-state index in [2.05, 4.69) is 181 Å². The normalized spacial score (nSPS) is 11.6. The first-order valence-corrected chi connectivity index (χ1v) is 18.7. The lowest BCUT2D eigenvalue weighted by atomic mass is 9.99. The second kappa shape index (κ2) is 12.6. The van der Waals surface area contributed by atoms with Crippen molar-refractivity contribution in [1.82, 2.24) is 0 Å². The summed E-state index contributed by atoms with van der Waals surface area (Å²) in [4.78, 5) is 2.32. The van der Waals surface area contributed by atoms with Gasteiger partial charge >= 0.3 is 0 Å². The molecule has 0 spiro atoms. The lowest BCUT2D eigenvalue weighted by Gasteiger charge is -2.26. The van der Waals surface area contributed by atoms with Crippen molar-refractivity contribution in [3.05, 3.63) is 200 Å². The molecule has 11 rings (SSSR count). The lowest BCUT2D eigenvalue weighted by molar-refractivity contribution is 0.669. The molecule has 0 N–H and O–H groups in total. The number of anilines is 3. The standard InChI is InChI=1S/C52H33NO2/c1-2-9-34(10-3-1)35-19-25-41(26-20-35)53(43-29-23-37(24-30-43)44-13-8-14-47-45-11-4-7-16-50(45)55-52(44)47)42-27-21-36(22-28-42)38-17-18-39-32-48-46-12-5-6-15-49(46)54-51(48)33-40(39)31-38/h1-33H. The second-order valence-electron chi connectivity index (χ2n) is 14.1. The molecule has 0 bridgehead atoms. The van der Waals surface area contributed by atoms with E-state index in [1.165, 1.54) is 16.5 Å². The highest BCUT2D eigenvalue weighted by Gasteiger charge is 2.16. The fourth-order valence-electron chi connectivity index (χ4n) is 8.10. The minimum Gasteiger partial charge on any atom is -0.456 e. The molecule has 3 heteroatoms. The van der Waals surface area contributed by atoms with Gasteiger partial charge in [-0.25, -0.2) is 0 Å². The van der Waals surface area contributed by atoms with Crippen molar-refractivity contribution in [3.63, 3.8) is 0 Å². The van der Waals surface area contributed by atoms with E-state index in [-0.39, 0.29) is 0 Å². The van der Waals surface area contributed by atoms with Crippen LogP contribution in [0.1, 0.15) is 0 Å². The zero-order chi connectivity index (χ0) is 36.3. The van der Waals surface area contributed by atoms with Crippen LogP contribution < -0.4 is 4.90 Å². The van der Waals surface area contributed by atoms with Crippen LogP contribution in [-0.2, 0) is 0 Å². The zero-order valence-electron chi connectivity index (χ0n) is 29.8. The van der Waals surface area contributed by atoms with E-state index in [1.807, 2.05) is 24.3 Å². The maximum absolute atomic E-state index is 6.39. The van der Waals surface area contributed by atoms with E-state index >= 15 is 0 Å². The highest BCUT2D eigenvalue weighted by molar-refractivity contribution is 6.11. The molecule has 0 fully saturated rings. The van der Waals surface area contributed by atoms with Crippen LogP contribution in [0.4, 0.5) is 17.1 Å². The maximum atomic E-state index is 6.39. The molecular weight excluding hydrogens is 671 g/mol. The maximum Gasteiger partial charge on any atom is 0.143 e. The van der Waals surface area contributed by atoms with Crippen molar-refractivity contribution in [3.8, 4) is 33.4 Å². The molecule has 11 aromatic rings. The summed E-state index contributed by atoms with van der Waals surface area (Å²) < 4.78 is 12.6. The third-order valence-corrected chi connectivity index (χ3v) is 10.9. The van der Waals surface area contributed by atoms with Crippen LogP contribution in [0.5, 0.6) is 0 Å². The predicted molar refractivity (Wildman–Crippen MR) is 229 cm³/mol. The molecule has 258 valence electrons. The highest BCUT2D eigenvalue weighted by Crippen LogP contribution is 2.40. The van der Waals surface area contributed by atoms with E-state index in [0.29, 0.717) is 0 Å². The van der Waals surface area contributed by atoms with Crippen LogP contribution in [0.3, 0.4) is 0 Å². The molecule has 0 unspecified atom stereocenters. The number of fused-ring (bicyclic) bond motifs is 7. The van der Waals surface area contributed by atoms with E-state index in [0.717, 1.165) is 88.6 Å². The number of rotatable bonds is 6. The number of nitrogens with zero attached hydrogens (tertiary/aromatic N) is 1. The molecule has 2 heterocycles. The Morgan fingerprint density at radius 3 is 1.51 bits per heavy atom. The Labute approximate surface area is 317 Å². The molecule has 0 aliphatic heterocycles. The summed E-state index contributed by atoms with van der Waals surface area (Å²) in [6.45, 7) is 0. The number of hydrogen-bond donors (Lipinski definition) is 0. The molecule has 0 aliphatic carbocycles.